The maximum Gasteiger partial charge on any atom is 0.156 e. The Bertz CT molecular complexity index is 488. The molecule has 1 aromatic rings. The maximum absolute atomic E-state index is 12.7. The van der Waals surface area contributed by atoms with Crippen LogP contribution in [0.3, 0.4) is 0 Å². The fourth-order valence-electron chi connectivity index (χ4n) is 2.68. The predicted molar refractivity (Wildman–Crippen MR) is 81.1 cm³/mol. The van der Waals surface area contributed by atoms with Crippen molar-refractivity contribution in [1.29, 1.82) is 0 Å². The van der Waals surface area contributed by atoms with Crippen molar-refractivity contribution in [1.82, 2.24) is 4.90 Å². The van der Waals surface area contributed by atoms with Crippen molar-refractivity contribution in [2.75, 3.05) is 26.3 Å². The van der Waals surface area contributed by atoms with Crippen LogP contribution in [0.2, 0.25) is 0 Å². The molecule has 2 rings (SSSR count). The summed E-state index contributed by atoms with van der Waals surface area (Å²) in [5.41, 5.74) is 3.14. The zero-order valence-corrected chi connectivity index (χ0v) is 13.0. The summed E-state index contributed by atoms with van der Waals surface area (Å²) in [5, 5.41) is 0. The lowest BCUT2D eigenvalue weighted by Gasteiger charge is -2.39. The molecule has 1 saturated heterocycles. The van der Waals surface area contributed by atoms with Gasteiger partial charge in [0.1, 0.15) is 0 Å². The average molecular weight is 275 g/mol. The van der Waals surface area contributed by atoms with Crippen molar-refractivity contribution < 1.29 is 9.53 Å². The van der Waals surface area contributed by atoms with Gasteiger partial charge in [-0.2, -0.15) is 0 Å². The van der Waals surface area contributed by atoms with E-state index in [1.807, 2.05) is 13.8 Å². The second-order valence-corrected chi connectivity index (χ2v) is 6.19. The average Bonchev–Trinajstić information content (AvgIpc) is 2.43. The Balaban J connectivity index is 2.11. The van der Waals surface area contributed by atoms with Crippen molar-refractivity contribution in [2.45, 2.75) is 39.7 Å². The smallest absolute Gasteiger partial charge is 0.156 e. The van der Waals surface area contributed by atoms with Crippen molar-refractivity contribution in [3.8, 4) is 0 Å². The van der Waals surface area contributed by atoms with Crippen LogP contribution in [0.25, 0.3) is 0 Å². The van der Waals surface area contributed by atoms with Crippen LogP contribution in [-0.4, -0.2) is 42.5 Å². The van der Waals surface area contributed by atoms with Crippen molar-refractivity contribution in [2.24, 2.45) is 0 Å². The van der Waals surface area contributed by atoms with Gasteiger partial charge in [-0.15, -0.1) is 0 Å². The third kappa shape index (κ3) is 3.28. The first-order valence-electron chi connectivity index (χ1n) is 7.33. The van der Waals surface area contributed by atoms with Crippen LogP contribution in [0, 0.1) is 13.8 Å². The summed E-state index contributed by atoms with van der Waals surface area (Å²) in [6.07, 6.45) is 0.512. The molecule has 1 aliphatic heterocycles. The molecule has 1 fully saturated rings. The minimum atomic E-state index is -0.417. The summed E-state index contributed by atoms with van der Waals surface area (Å²) in [4.78, 5) is 15.0. The van der Waals surface area contributed by atoms with Crippen LogP contribution in [-0.2, 0) is 16.0 Å². The topological polar surface area (TPSA) is 29.5 Å². The molecular weight excluding hydrogens is 250 g/mol. The summed E-state index contributed by atoms with van der Waals surface area (Å²) in [7, 11) is 0. The quantitative estimate of drug-likeness (QED) is 0.845. The number of hydrogen-bond donors (Lipinski definition) is 0. The largest absolute Gasteiger partial charge is 0.379 e. The highest BCUT2D eigenvalue weighted by atomic mass is 16.5. The summed E-state index contributed by atoms with van der Waals surface area (Å²) < 4.78 is 5.37. The van der Waals surface area contributed by atoms with Crippen LogP contribution in [0.1, 0.15) is 30.5 Å². The summed E-state index contributed by atoms with van der Waals surface area (Å²) in [5.74, 6) is 0.285. The second-order valence-electron chi connectivity index (χ2n) is 6.19. The number of Topliss-reactive ketones (excluding diaryl/α,β-unsaturated/α-hetero) is 1. The third-order valence-corrected chi connectivity index (χ3v) is 4.34. The predicted octanol–water partition coefficient (Wildman–Crippen LogP) is 2.53. The van der Waals surface area contributed by atoms with Crippen molar-refractivity contribution in [3.63, 3.8) is 0 Å². The first kappa shape index (κ1) is 15.2. The Hall–Kier alpha value is -1.19. The highest BCUT2D eigenvalue weighted by molar-refractivity contribution is 5.89. The van der Waals surface area contributed by atoms with Crippen LogP contribution < -0.4 is 0 Å². The third-order valence-electron chi connectivity index (χ3n) is 4.34. The van der Waals surface area contributed by atoms with Gasteiger partial charge in [-0.1, -0.05) is 23.8 Å². The molecule has 3 nitrogen and oxygen atoms in total. The van der Waals surface area contributed by atoms with E-state index in [-0.39, 0.29) is 5.78 Å². The number of hydrogen-bond acceptors (Lipinski definition) is 3. The maximum atomic E-state index is 12.7. The molecule has 1 aliphatic rings. The molecule has 1 aromatic carbocycles. The van der Waals surface area contributed by atoms with Crippen LogP contribution >= 0.6 is 0 Å². The Morgan fingerprint density at radius 3 is 2.55 bits per heavy atom. The molecule has 0 radical (unpaired) electrons. The second kappa shape index (κ2) is 6.06. The number of aryl methyl sites for hydroxylation is 2. The number of rotatable bonds is 4. The summed E-state index contributed by atoms with van der Waals surface area (Å²) >= 11 is 0. The molecule has 0 unspecified atom stereocenters. The first-order chi connectivity index (χ1) is 9.41. The minimum Gasteiger partial charge on any atom is -0.379 e. The monoisotopic (exact) mass is 275 g/mol. The Morgan fingerprint density at radius 1 is 1.25 bits per heavy atom. The number of benzene rings is 1. The molecule has 0 bridgehead atoms. The Kier molecular flexibility index (Phi) is 4.61. The van der Waals surface area contributed by atoms with Gasteiger partial charge in [0, 0.05) is 19.5 Å². The van der Waals surface area contributed by atoms with E-state index >= 15 is 0 Å². The molecule has 0 atom stereocenters. The molecule has 110 valence electrons. The normalized spacial score (nSPS) is 17.2. The van der Waals surface area contributed by atoms with Gasteiger partial charge in [-0.05, 0) is 38.8 Å². The van der Waals surface area contributed by atoms with E-state index in [1.54, 1.807) is 0 Å². The molecule has 0 N–H and O–H groups in total. The van der Waals surface area contributed by atoms with E-state index in [9.17, 15) is 4.79 Å². The lowest BCUT2D eigenvalue weighted by Crippen LogP contribution is -2.54. The van der Waals surface area contributed by atoms with Gasteiger partial charge < -0.3 is 4.74 Å². The van der Waals surface area contributed by atoms with E-state index in [0.717, 1.165) is 31.9 Å². The van der Waals surface area contributed by atoms with Crippen LogP contribution in [0.4, 0.5) is 0 Å². The molecule has 0 aliphatic carbocycles. The highest BCUT2D eigenvalue weighted by Crippen LogP contribution is 2.21. The van der Waals surface area contributed by atoms with Gasteiger partial charge in [0.2, 0.25) is 0 Å². The molecule has 1 heterocycles. The molecule has 0 saturated carbocycles. The lowest BCUT2D eigenvalue weighted by molar-refractivity contribution is -0.131. The summed E-state index contributed by atoms with van der Waals surface area (Å²) in [6, 6.07) is 6.32. The van der Waals surface area contributed by atoms with Gasteiger partial charge in [0.05, 0.1) is 18.8 Å². The lowest BCUT2D eigenvalue weighted by atomic mass is 9.89. The van der Waals surface area contributed by atoms with E-state index < -0.39 is 5.54 Å². The molecular formula is C17H25NO2. The number of ether oxygens (including phenoxy) is 1. The molecule has 0 amide bonds. The van der Waals surface area contributed by atoms with E-state index in [2.05, 4.69) is 36.9 Å². The standard InChI is InChI=1S/C17H25NO2/c1-13-5-6-14(2)15(11-13)12-16(19)17(3,4)18-7-9-20-10-8-18/h5-6,11H,7-10,12H2,1-4H3. The summed E-state index contributed by atoms with van der Waals surface area (Å²) in [6.45, 7) is 11.3. The van der Waals surface area contributed by atoms with Gasteiger partial charge in [0.25, 0.3) is 0 Å². The number of morpholine rings is 1. The van der Waals surface area contributed by atoms with E-state index in [4.69, 9.17) is 4.74 Å². The van der Waals surface area contributed by atoms with E-state index in [1.165, 1.54) is 11.1 Å². The van der Waals surface area contributed by atoms with Crippen LogP contribution in [0.15, 0.2) is 18.2 Å². The van der Waals surface area contributed by atoms with Gasteiger partial charge >= 0.3 is 0 Å². The minimum absolute atomic E-state index is 0.285. The zero-order valence-electron chi connectivity index (χ0n) is 13.0. The highest BCUT2D eigenvalue weighted by Gasteiger charge is 2.35. The Morgan fingerprint density at radius 2 is 1.90 bits per heavy atom. The van der Waals surface area contributed by atoms with Gasteiger partial charge in [-0.25, -0.2) is 0 Å². The van der Waals surface area contributed by atoms with Crippen molar-refractivity contribution >= 4 is 5.78 Å². The molecule has 20 heavy (non-hydrogen) atoms. The fourth-order valence-corrected chi connectivity index (χ4v) is 2.68. The molecule has 3 heteroatoms. The first-order valence-corrected chi connectivity index (χ1v) is 7.33. The SMILES string of the molecule is Cc1ccc(C)c(CC(=O)C(C)(C)N2CCOCC2)c1. The Labute approximate surface area is 121 Å². The number of nitrogens with zero attached hydrogens (tertiary/aromatic N) is 1. The van der Waals surface area contributed by atoms with Gasteiger partial charge in [-0.3, -0.25) is 9.69 Å². The number of ketones is 1. The van der Waals surface area contributed by atoms with Gasteiger partial charge in [0.15, 0.2) is 5.78 Å². The van der Waals surface area contributed by atoms with Crippen LogP contribution in [0.5, 0.6) is 0 Å². The zero-order chi connectivity index (χ0) is 14.8. The number of carbonyl (C=O) groups excluding carboxylic acids is 1. The molecule has 0 aromatic heterocycles. The number of carbonyl (C=O) groups is 1. The van der Waals surface area contributed by atoms with E-state index in [0.29, 0.717) is 6.42 Å². The van der Waals surface area contributed by atoms with Crippen molar-refractivity contribution in [3.05, 3.63) is 34.9 Å². The fraction of sp³-hybridized carbons (Fsp3) is 0.588. The molecule has 0 spiro atoms.